The first-order valence-corrected chi connectivity index (χ1v) is 7.11. The molecule has 7 heteroatoms. The van der Waals surface area contributed by atoms with Gasteiger partial charge in [-0.2, -0.15) is 0 Å². The zero-order valence-corrected chi connectivity index (χ0v) is 11.7. The lowest BCUT2D eigenvalue weighted by Gasteiger charge is -2.18. The van der Waals surface area contributed by atoms with Gasteiger partial charge in [-0.3, -0.25) is 9.59 Å². The Morgan fingerprint density at radius 2 is 1.90 bits per heavy atom. The van der Waals surface area contributed by atoms with Crippen LogP contribution in [0.5, 0.6) is 11.5 Å². The van der Waals surface area contributed by atoms with Crippen molar-refractivity contribution in [1.29, 1.82) is 0 Å². The SMILES string of the molecule is NC(=O)c1ccsc1NC(=O)c1ccc2c(c1)OCCO2. The topological polar surface area (TPSA) is 90.7 Å². The highest BCUT2D eigenvalue weighted by Gasteiger charge is 2.17. The van der Waals surface area contributed by atoms with Gasteiger partial charge in [0, 0.05) is 5.56 Å². The fourth-order valence-electron chi connectivity index (χ4n) is 1.96. The molecule has 0 radical (unpaired) electrons. The number of anilines is 1. The maximum absolute atomic E-state index is 12.2. The number of carbonyl (C=O) groups excluding carboxylic acids is 2. The maximum Gasteiger partial charge on any atom is 0.256 e. The van der Waals surface area contributed by atoms with Crippen LogP contribution in [-0.4, -0.2) is 25.0 Å². The van der Waals surface area contributed by atoms with Crippen LogP contribution in [-0.2, 0) is 0 Å². The Morgan fingerprint density at radius 1 is 1.14 bits per heavy atom. The van der Waals surface area contributed by atoms with Crippen LogP contribution < -0.4 is 20.5 Å². The molecule has 2 aromatic rings. The average Bonchev–Trinajstić information content (AvgIpc) is 2.95. The summed E-state index contributed by atoms with van der Waals surface area (Å²) in [7, 11) is 0. The smallest absolute Gasteiger partial charge is 0.256 e. The van der Waals surface area contributed by atoms with E-state index < -0.39 is 5.91 Å². The molecule has 1 aromatic carbocycles. The number of ether oxygens (including phenoxy) is 2. The number of carbonyl (C=O) groups is 2. The first-order chi connectivity index (χ1) is 10.1. The molecule has 2 heterocycles. The number of thiophene rings is 1. The molecule has 0 saturated heterocycles. The van der Waals surface area contributed by atoms with Gasteiger partial charge in [0.05, 0.1) is 5.56 Å². The van der Waals surface area contributed by atoms with Crippen molar-refractivity contribution in [3.05, 3.63) is 40.8 Å². The Hall–Kier alpha value is -2.54. The third-order valence-electron chi connectivity index (χ3n) is 2.96. The number of nitrogens with two attached hydrogens (primary N) is 1. The molecule has 3 N–H and O–H groups in total. The predicted octanol–water partition coefficient (Wildman–Crippen LogP) is 1.87. The third kappa shape index (κ3) is 2.68. The normalized spacial score (nSPS) is 12.8. The van der Waals surface area contributed by atoms with Crippen molar-refractivity contribution in [3.63, 3.8) is 0 Å². The summed E-state index contributed by atoms with van der Waals surface area (Å²) in [5.74, 6) is 0.243. The second-order valence-electron chi connectivity index (χ2n) is 4.34. The molecule has 1 aliphatic heterocycles. The standard InChI is InChI=1S/C14H12N2O4S/c15-12(17)9-3-6-21-14(9)16-13(18)8-1-2-10-11(7-8)20-5-4-19-10/h1-3,6-7H,4-5H2,(H2,15,17)(H,16,18). The lowest BCUT2D eigenvalue weighted by molar-refractivity contribution is 0.100. The van der Waals surface area contributed by atoms with Crippen molar-refractivity contribution in [3.8, 4) is 11.5 Å². The third-order valence-corrected chi connectivity index (χ3v) is 3.79. The first kappa shape index (κ1) is 13.4. The van der Waals surface area contributed by atoms with Gasteiger partial charge in [-0.1, -0.05) is 0 Å². The van der Waals surface area contributed by atoms with Crippen LogP contribution in [0.3, 0.4) is 0 Å². The van der Waals surface area contributed by atoms with Crippen LogP contribution in [0, 0.1) is 0 Å². The largest absolute Gasteiger partial charge is 0.486 e. The van der Waals surface area contributed by atoms with Gasteiger partial charge in [-0.05, 0) is 29.6 Å². The fraction of sp³-hybridized carbons (Fsp3) is 0.143. The van der Waals surface area contributed by atoms with E-state index in [-0.39, 0.29) is 5.91 Å². The second-order valence-corrected chi connectivity index (χ2v) is 5.26. The predicted molar refractivity (Wildman–Crippen MR) is 78.2 cm³/mol. The van der Waals surface area contributed by atoms with E-state index >= 15 is 0 Å². The molecule has 0 bridgehead atoms. The minimum atomic E-state index is -0.575. The van der Waals surface area contributed by atoms with E-state index in [1.807, 2.05) is 0 Å². The number of nitrogens with one attached hydrogen (secondary N) is 1. The lowest BCUT2D eigenvalue weighted by Crippen LogP contribution is -2.18. The Labute approximate surface area is 124 Å². The Kier molecular flexibility index (Phi) is 3.49. The molecule has 21 heavy (non-hydrogen) atoms. The summed E-state index contributed by atoms with van der Waals surface area (Å²) in [6.45, 7) is 0.949. The summed E-state index contributed by atoms with van der Waals surface area (Å²) < 4.78 is 10.8. The number of hydrogen-bond donors (Lipinski definition) is 2. The van der Waals surface area contributed by atoms with Crippen molar-refractivity contribution in [2.45, 2.75) is 0 Å². The van der Waals surface area contributed by atoms with Crippen molar-refractivity contribution in [2.75, 3.05) is 18.5 Å². The van der Waals surface area contributed by atoms with Crippen LogP contribution in [0.15, 0.2) is 29.6 Å². The summed E-state index contributed by atoms with van der Waals surface area (Å²) in [6.07, 6.45) is 0. The van der Waals surface area contributed by atoms with Gasteiger partial charge in [0.25, 0.3) is 11.8 Å². The molecule has 6 nitrogen and oxygen atoms in total. The molecule has 3 rings (SSSR count). The quantitative estimate of drug-likeness (QED) is 0.905. The summed E-state index contributed by atoms with van der Waals surface area (Å²) in [5, 5.41) is 4.80. The number of hydrogen-bond acceptors (Lipinski definition) is 5. The number of primary amides is 1. The van der Waals surface area contributed by atoms with Gasteiger partial charge in [0.1, 0.15) is 18.2 Å². The first-order valence-electron chi connectivity index (χ1n) is 6.23. The van der Waals surface area contributed by atoms with Gasteiger partial charge in [0.15, 0.2) is 11.5 Å². The van der Waals surface area contributed by atoms with E-state index in [1.54, 1.807) is 29.6 Å². The molecule has 0 spiro atoms. The molecule has 0 saturated carbocycles. The molecule has 1 aliphatic rings. The number of benzene rings is 1. The molecule has 108 valence electrons. The van der Waals surface area contributed by atoms with Crippen molar-refractivity contribution in [1.82, 2.24) is 0 Å². The highest BCUT2D eigenvalue weighted by molar-refractivity contribution is 7.14. The van der Waals surface area contributed by atoms with Gasteiger partial charge in [0.2, 0.25) is 0 Å². The minimum Gasteiger partial charge on any atom is -0.486 e. The monoisotopic (exact) mass is 304 g/mol. The van der Waals surface area contributed by atoms with E-state index in [0.717, 1.165) is 0 Å². The number of fused-ring (bicyclic) bond motifs is 1. The second kappa shape index (κ2) is 5.45. The molecule has 0 fully saturated rings. The van der Waals surface area contributed by atoms with Gasteiger partial charge in [-0.25, -0.2) is 0 Å². The average molecular weight is 304 g/mol. The van der Waals surface area contributed by atoms with Crippen LogP contribution >= 0.6 is 11.3 Å². The molecule has 0 atom stereocenters. The van der Waals surface area contributed by atoms with Gasteiger partial charge in [-0.15, -0.1) is 11.3 Å². The molecule has 1 aromatic heterocycles. The van der Waals surface area contributed by atoms with Crippen LogP contribution in [0.1, 0.15) is 20.7 Å². The molecule has 0 aliphatic carbocycles. The van der Waals surface area contributed by atoms with Gasteiger partial charge < -0.3 is 20.5 Å². The molecule has 0 unspecified atom stereocenters. The van der Waals surface area contributed by atoms with E-state index in [2.05, 4.69) is 5.32 Å². The molecular formula is C14H12N2O4S. The summed E-state index contributed by atoms with van der Waals surface area (Å²) in [5.41, 5.74) is 5.96. The van der Waals surface area contributed by atoms with E-state index in [1.165, 1.54) is 11.3 Å². The maximum atomic E-state index is 12.2. The zero-order valence-electron chi connectivity index (χ0n) is 10.9. The Balaban J connectivity index is 1.82. The van der Waals surface area contributed by atoms with Crippen LogP contribution in [0.25, 0.3) is 0 Å². The fourth-order valence-corrected chi connectivity index (χ4v) is 2.75. The molecular weight excluding hydrogens is 292 g/mol. The van der Waals surface area contributed by atoms with Crippen molar-refractivity contribution >= 4 is 28.2 Å². The molecule has 2 amide bonds. The highest BCUT2D eigenvalue weighted by atomic mass is 32.1. The van der Waals surface area contributed by atoms with Crippen molar-refractivity contribution < 1.29 is 19.1 Å². The van der Waals surface area contributed by atoms with Crippen LogP contribution in [0.2, 0.25) is 0 Å². The summed E-state index contributed by atoms with van der Waals surface area (Å²) in [6, 6.07) is 6.51. The number of rotatable bonds is 3. The lowest BCUT2D eigenvalue weighted by atomic mass is 10.2. The van der Waals surface area contributed by atoms with Crippen molar-refractivity contribution in [2.24, 2.45) is 5.73 Å². The van der Waals surface area contributed by atoms with Gasteiger partial charge >= 0.3 is 0 Å². The van der Waals surface area contributed by atoms with E-state index in [0.29, 0.717) is 40.8 Å². The zero-order chi connectivity index (χ0) is 14.8. The Bertz CT molecular complexity index is 711. The highest BCUT2D eigenvalue weighted by Crippen LogP contribution is 2.31. The Morgan fingerprint density at radius 3 is 2.67 bits per heavy atom. The summed E-state index contributed by atoms with van der Waals surface area (Å²) >= 11 is 1.24. The van der Waals surface area contributed by atoms with E-state index in [9.17, 15) is 9.59 Å². The summed E-state index contributed by atoms with van der Waals surface area (Å²) in [4.78, 5) is 23.5. The minimum absolute atomic E-state index is 0.297. The van der Waals surface area contributed by atoms with E-state index in [4.69, 9.17) is 15.2 Å². The number of amides is 2. The van der Waals surface area contributed by atoms with Crippen LogP contribution in [0.4, 0.5) is 5.00 Å².